The predicted molar refractivity (Wildman–Crippen MR) is 123 cm³/mol. The minimum absolute atomic E-state index is 0.0354. The molecule has 4 rings (SSSR count). The Balaban J connectivity index is 1.67. The summed E-state index contributed by atoms with van der Waals surface area (Å²) in [6, 6.07) is 25.2. The first-order chi connectivity index (χ1) is 15.2. The monoisotopic (exact) mass is 424 g/mol. The van der Waals surface area contributed by atoms with Gasteiger partial charge in [-0.15, -0.1) is 11.3 Å². The number of nitrogens with zero attached hydrogens (tertiary/aromatic N) is 3. The van der Waals surface area contributed by atoms with Gasteiger partial charge < -0.3 is 5.32 Å². The number of thiophene rings is 1. The molecule has 0 saturated heterocycles. The molecule has 5 nitrogen and oxygen atoms in total. The van der Waals surface area contributed by atoms with Crippen molar-refractivity contribution in [3.8, 4) is 22.3 Å². The van der Waals surface area contributed by atoms with Gasteiger partial charge in [-0.3, -0.25) is 4.79 Å². The lowest BCUT2D eigenvalue weighted by Gasteiger charge is -2.13. The van der Waals surface area contributed by atoms with Gasteiger partial charge in [0.1, 0.15) is 17.3 Å². The molecule has 0 radical (unpaired) electrons. The van der Waals surface area contributed by atoms with Crippen molar-refractivity contribution in [1.29, 1.82) is 5.26 Å². The van der Waals surface area contributed by atoms with Crippen LogP contribution in [0.1, 0.15) is 24.1 Å². The van der Waals surface area contributed by atoms with E-state index >= 15 is 0 Å². The number of nitriles is 1. The number of aromatic nitrogens is 2. The Morgan fingerprint density at radius 3 is 2.45 bits per heavy atom. The van der Waals surface area contributed by atoms with Crippen molar-refractivity contribution in [2.45, 2.75) is 13.0 Å². The van der Waals surface area contributed by atoms with E-state index in [1.807, 2.05) is 97.4 Å². The van der Waals surface area contributed by atoms with E-state index in [2.05, 4.69) is 5.32 Å². The summed E-state index contributed by atoms with van der Waals surface area (Å²) in [4.78, 5) is 13.8. The summed E-state index contributed by atoms with van der Waals surface area (Å²) in [5.41, 5.74) is 3.36. The Morgan fingerprint density at radius 1 is 1.10 bits per heavy atom. The molecule has 1 unspecified atom stereocenters. The smallest absolute Gasteiger partial charge is 0.262 e. The number of hydrogen-bond acceptors (Lipinski definition) is 4. The highest BCUT2D eigenvalue weighted by atomic mass is 32.1. The Labute approximate surface area is 184 Å². The second kappa shape index (κ2) is 9.24. The highest BCUT2D eigenvalue weighted by Crippen LogP contribution is 2.29. The molecule has 0 aliphatic rings. The predicted octanol–water partition coefficient (Wildman–Crippen LogP) is 5.39. The van der Waals surface area contributed by atoms with E-state index in [-0.39, 0.29) is 11.6 Å². The SMILES string of the molecule is CC(NC(=O)/C(C#N)=C\c1cn(-c2ccccc2)nc1-c1cccs1)c1ccccc1. The van der Waals surface area contributed by atoms with Gasteiger partial charge in [-0.05, 0) is 42.1 Å². The number of carbonyl (C=O) groups excluding carboxylic acids is 1. The van der Waals surface area contributed by atoms with Crippen molar-refractivity contribution >= 4 is 23.3 Å². The fraction of sp³-hybridized carbons (Fsp3) is 0.0800. The Bertz CT molecular complexity index is 1240. The number of para-hydroxylation sites is 1. The van der Waals surface area contributed by atoms with Gasteiger partial charge in [0.2, 0.25) is 0 Å². The normalized spacial score (nSPS) is 12.2. The van der Waals surface area contributed by atoms with Crippen LogP contribution >= 0.6 is 11.3 Å². The van der Waals surface area contributed by atoms with E-state index in [9.17, 15) is 10.1 Å². The van der Waals surface area contributed by atoms with E-state index < -0.39 is 5.91 Å². The number of hydrogen-bond donors (Lipinski definition) is 1. The molecule has 2 aromatic heterocycles. The van der Waals surface area contributed by atoms with Gasteiger partial charge in [-0.2, -0.15) is 10.4 Å². The van der Waals surface area contributed by atoms with Crippen molar-refractivity contribution in [2.75, 3.05) is 0 Å². The fourth-order valence-corrected chi connectivity index (χ4v) is 3.95. The van der Waals surface area contributed by atoms with Crippen LogP contribution < -0.4 is 5.32 Å². The Morgan fingerprint density at radius 2 is 1.81 bits per heavy atom. The van der Waals surface area contributed by atoms with Gasteiger partial charge >= 0.3 is 0 Å². The molecule has 152 valence electrons. The van der Waals surface area contributed by atoms with E-state index in [0.29, 0.717) is 5.56 Å². The topological polar surface area (TPSA) is 70.7 Å². The average Bonchev–Trinajstić information content (AvgIpc) is 3.48. The molecule has 1 N–H and O–H groups in total. The second-order valence-corrected chi connectivity index (χ2v) is 7.91. The summed E-state index contributed by atoms with van der Waals surface area (Å²) in [5, 5.41) is 19.3. The standard InChI is InChI=1S/C25H20N4OS/c1-18(19-9-4-2-5-10-19)27-25(30)20(16-26)15-21-17-29(22-11-6-3-7-12-22)28-24(21)23-13-8-14-31-23/h2-15,17-18H,1H3,(H,27,30)/b20-15-. The summed E-state index contributed by atoms with van der Waals surface area (Å²) in [6.45, 7) is 1.90. The van der Waals surface area contributed by atoms with E-state index in [1.54, 1.807) is 22.1 Å². The molecule has 31 heavy (non-hydrogen) atoms. The van der Waals surface area contributed by atoms with E-state index in [0.717, 1.165) is 21.8 Å². The lowest BCUT2D eigenvalue weighted by Crippen LogP contribution is -2.27. The highest BCUT2D eigenvalue weighted by Gasteiger charge is 2.17. The van der Waals surface area contributed by atoms with Gasteiger partial charge in [0.15, 0.2) is 0 Å². The van der Waals surface area contributed by atoms with Crippen LogP contribution in [-0.2, 0) is 4.79 Å². The maximum absolute atomic E-state index is 12.8. The third-order valence-electron chi connectivity index (χ3n) is 4.83. The number of nitrogens with one attached hydrogen (secondary N) is 1. The molecule has 2 heterocycles. The van der Waals surface area contributed by atoms with Crippen LogP contribution in [-0.4, -0.2) is 15.7 Å². The highest BCUT2D eigenvalue weighted by molar-refractivity contribution is 7.13. The van der Waals surface area contributed by atoms with E-state index in [1.165, 1.54) is 0 Å². The lowest BCUT2D eigenvalue weighted by molar-refractivity contribution is -0.117. The molecular formula is C25H20N4OS. The minimum atomic E-state index is -0.413. The quantitative estimate of drug-likeness (QED) is 0.333. The Hall–Kier alpha value is -3.95. The third-order valence-corrected chi connectivity index (χ3v) is 5.71. The fourth-order valence-electron chi connectivity index (χ4n) is 3.21. The zero-order valence-electron chi connectivity index (χ0n) is 16.9. The van der Waals surface area contributed by atoms with Crippen LogP contribution in [0.3, 0.4) is 0 Å². The molecule has 1 amide bonds. The molecule has 0 bridgehead atoms. The van der Waals surface area contributed by atoms with Gasteiger partial charge in [-0.1, -0.05) is 54.6 Å². The number of carbonyl (C=O) groups is 1. The lowest BCUT2D eigenvalue weighted by atomic mass is 10.1. The third kappa shape index (κ3) is 4.63. The first-order valence-corrected chi connectivity index (χ1v) is 10.7. The molecular weight excluding hydrogens is 404 g/mol. The molecule has 4 aromatic rings. The van der Waals surface area contributed by atoms with E-state index in [4.69, 9.17) is 5.10 Å². The molecule has 0 aliphatic carbocycles. The van der Waals surface area contributed by atoms with Crippen LogP contribution in [0.25, 0.3) is 22.3 Å². The molecule has 0 spiro atoms. The summed E-state index contributed by atoms with van der Waals surface area (Å²) in [6.07, 6.45) is 3.45. The second-order valence-electron chi connectivity index (χ2n) is 6.97. The molecule has 0 aliphatic heterocycles. The Kier molecular flexibility index (Phi) is 6.06. The average molecular weight is 425 g/mol. The van der Waals surface area contributed by atoms with Crippen molar-refractivity contribution in [3.05, 3.63) is 101 Å². The van der Waals surface area contributed by atoms with Gasteiger partial charge in [0, 0.05) is 11.8 Å². The van der Waals surface area contributed by atoms with Gasteiger partial charge in [0.05, 0.1) is 16.6 Å². The van der Waals surface area contributed by atoms with Crippen molar-refractivity contribution in [1.82, 2.24) is 15.1 Å². The van der Waals surface area contributed by atoms with Crippen molar-refractivity contribution < 1.29 is 4.79 Å². The van der Waals surface area contributed by atoms with Crippen molar-refractivity contribution in [3.63, 3.8) is 0 Å². The number of benzene rings is 2. The zero-order valence-corrected chi connectivity index (χ0v) is 17.7. The minimum Gasteiger partial charge on any atom is -0.345 e. The maximum atomic E-state index is 12.8. The molecule has 0 saturated carbocycles. The van der Waals surface area contributed by atoms with Crippen LogP contribution in [0.4, 0.5) is 0 Å². The summed E-state index contributed by atoms with van der Waals surface area (Å²) < 4.78 is 1.76. The van der Waals surface area contributed by atoms with Gasteiger partial charge in [-0.25, -0.2) is 4.68 Å². The largest absolute Gasteiger partial charge is 0.345 e. The molecule has 1 atom stereocenters. The summed E-state index contributed by atoms with van der Waals surface area (Å²) in [5.74, 6) is -0.413. The van der Waals surface area contributed by atoms with Gasteiger partial charge in [0.25, 0.3) is 5.91 Å². The summed E-state index contributed by atoms with van der Waals surface area (Å²) in [7, 11) is 0. The van der Waals surface area contributed by atoms with Crippen LogP contribution in [0, 0.1) is 11.3 Å². The first-order valence-electron chi connectivity index (χ1n) is 9.82. The summed E-state index contributed by atoms with van der Waals surface area (Å²) >= 11 is 1.56. The molecule has 0 fully saturated rings. The van der Waals surface area contributed by atoms with Crippen molar-refractivity contribution in [2.24, 2.45) is 0 Å². The zero-order chi connectivity index (χ0) is 21.6. The number of amides is 1. The molecule has 6 heteroatoms. The number of rotatable bonds is 6. The van der Waals surface area contributed by atoms with Crippen LogP contribution in [0.15, 0.2) is 89.9 Å². The molecule has 2 aromatic carbocycles. The first kappa shape index (κ1) is 20.3. The van der Waals surface area contributed by atoms with Crippen LogP contribution in [0.2, 0.25) is 0 Å². The maximum Gasteiger partial charge on any atom is 0.262 e. The van der Waals surface area contributed by atoms with Crippen LogP contribution in [0.5, 0.6) is 0 Å².